The predicted molar refractivity (Wildman–Crippen MR) is 78.4 cm³/mol. The predicted octanol–water partition coefficient (Wildman–Crippen LogP) is 2.61. The lowest BCUT2D eigenvalue weighted by atomic mass is 10.2. The molecule has 0 bridgehead atoms. The molecule has 0 amide bonds. The zero-order chi connectivity index (χ0) is 15.8. The molecule has 2 aromatic rings. The van der Waals surface area contributed by atoms with Crippen molar-refractivity contribution in [2.45, 2.75) is 11.8 Å². The fraction of sp³-hybridized carbons (Fsp3) is 0.0909. The summed E-state index contributed by atoms with van der Waals surface area (Å²) < 4.78 is 40.0. The number of nitrogens with one attached hydrogen (secondary N) is 1. The van der Waals surface area contributed by atoms with Gasteiger partial charge in [0.25, 0.3) is 10.0 Å². The number of hydrogen-bond acceptors (Lipinski definition) is 5. The summed E-state index contributed by atoms with van der Waals surface area (Å²) >= 11 is 11.5. The third kappa shape index (κ3) is 3.17. The summed E-state index contributed by atoms with van der Waals surface area (Å²) in [5, 5.41) is -0.241. The van der Waals surface area contributed by atoms with Crippen LogP contribution in [0.15, 0.2) is 23.4 Å². The van der Waals surface area contributed by atoms with Gasteiger partial charge >= 0.3 is 0 Å². The van der Waals surface area contributed by atoms with E-state index in [1.807, 2.05) is 0 Å². The molecule has 1 aromatic heterocycles. The summed E-state index contributed by atoms with van der Waals surface area (Å²) in [5.74, 6) is -0.881. The lowest BCUT2D eigenvalue weighted by molar-refractivity contribution is 0.599. The second-order valence-electron chi connectivity index (χ2n) is 4.07. The molecule has 1 heterocycles. The molecule has 6 nitrogen and oxygen atoms in total. The van der Waals surface area contributed by atoms with E-state index in [1.54, 1.807) is 0 Å². The smallest absolute Gasteiger partial charge is 0.263 e. The van der Waals surface area contributed by atoms with Gasteiger partial charge in [0.1, 0.15) is 17.2 Å². The SMILES string of the molecule is Cc1cc(F)c(N)cc1S(=O)(=O)Nc1ncnc(Cl)c1Cl. The van der Waals surface area contributed by atoms with Gasteiger partial charge < -0.3 is 5.73 Å². The lowest BCUT2D eigenvalue weighted by Gasteiger charge is -2.12. The second kappa shape index (κ2) is 5.63. The molecule has 3 N–H and O–H groups in total. The molecule has 0 saturated heterocycles. The highest BCUT2D eigenvalue weighted by molar-refractivity contribution is 7.92. The number of hydrogen-bond donors (Lipinski definition) is 2. The monoisotopic (exact) mass is 350 g/mol. The Bertz CT molecular complexity index is 814. The zero-order valence-electron chi connectivity index (χ0n) is 10.6. The van der Waals surface area contributed by atoms with Crippen LogP contribution in [-0.4, -0.2) is 18.4 Å². The van der Waals surface area contributed by atoms with E-state index in [0.29, 0.717) is 0 Å². The number of sulfonamides is 1. The fourth-order valence-corrected chi connectivity index (χ4v) is 3.18. The molecule has 0 saturated carbocycles. The van der Waals surface area contributed by atoms with E-state index in [4.69, 9.17) is 28.9 Å². The van der Waals surface area contributed by atoms with Gasteiger partial charge in [-0.2, -0.15) is 0 Å². The number of nitrogens with zero attached hydrogens (tertiary/aromatic N) is 2. The first-order chi connectivity index (χ1) is 9.72. The molecule has 0 aliphatic heterocycles. The van der Waals surface area contributed by atoms with Crippen molar-refractivity contribution in [1.29, 1.82) is 0 Å². The molecule has 0 fully saturated rings. The van der Waals surface area contributed by atoms with Gasteiger partial charge in [-0.05, 0) is 24.6 Å². The van der Waals surface area contributed by atoms with Crippen LogP contribution >= 0.6 is 23.2 Å². The van der Waals surface area contributed by atoms with Crippen LogP contribution in [0, 0.1) is 12.7 Å². The normalized spacial score (nSPS) is 11.4. The maximum absolute atomic E-state index is 13.3. The van der Waals surface area contributed by atoms with E-state index < -0.39 is 15.8 Å². The van der Waals surface area contributed by atoms with Crippen LogP contribution in [0.4, 0.5) is 15.9 Å². The number of nitrogen functional groups attached to an aromatic ring is 1. The van der Waals surface area contributed by atoms with Crippen molar-refractivity contribution in [2.75, 3.05) is 10.5 Å². The molecular weight excluding hydrogens is 342 g/mol. The third-order valence-corrected chi connectivity index (χ3v) is 4.78. The molecule has 0 unspecified atom stereocenters. The number of rotatable bonds is 3. The summed E-state index contributed by atoms with van der Waals surface area (Å²) in [5.41, 5.74) is 5.29. The fourth-order valence-electron chi connectivity index (χ4n) is 1.56. The molecule has 0 atom stereocenters. The number of aromatic nitrogens is 2. The summed E-state index contributed by atoms with van der Waals surface area (Å²) in [4.78, 5) is 7.11. The summed E-state index contributed by atoms with van der Waals surface area (Å²) in [6, 6.07) is 2.04. The lowest BCUT2D eigenvalue weighted by Crippen LogP contribution is -2.16. The standard InChI is InChI=1S/C11H9Cl2FN4O2S/c1-5-2-6(14)7(15)3-8(5)21(19,20)18-11-9(12)10(13)16-4-17-11/h2-4H,15H2,1H3,(H,16,17,18). The zero-order valence-corrected chi connectivity index (χ0v) is 12.9. The minimum Gasteiger partial charge on any atom is -0.396 e. The molecule has 0 radical (unpaired) electrons. The molecule has 2 rings (SSSR count). The Labute approximate surface area is 130 Å². The van der Waals surface area contributed by atoms with Gasteiger partial charge in [-0.15, -0.1) is 0 Å². The van der Waals surface area contributed by atoms with Gasteiger partial charge in [0.15, 0.2) is 11.0 Å². The van der Waals surface area contributed by atoms with E-state index in [1.165, 1.54) is 6.92 Å². The Morgan fingerprint density at radius 1 is 1.29 bits per heavy atom. The number of nitrogens with two attached hydrogens (primary N) is 1. The largest absolute Gasteiger partial charge is 0.396 e. The van der Waals surface area contributed by atoms with Crippen molar-refractivity contribution in [3.05, 3.63) is 40.0 Å². The molecule has 10 heteroatoms. The van der Waals surface area contributed by atoms with Crippen LogP contribution < -0.4 is 10.5 Å². The highest BCUT2D eigenvalue weighted by atomic mass is 35.5. The van der Waals surface area contributed by atoms with Crippen molar-refractivity contribution >= 4 is 44.7 Å². The van der Waals surface area contributed by atoms with Gasteiger partial charge in [-0.1, -0.05) is 23.2 Å². The quantitative estimate of drug-likeness (QED) is 0.654. The molecule has 1 aromatic carbocycles. The Morgan fingerprint density at radius 2 is 1.95 bits per heavy atom. The van der Waals surface area contributed by atoms with Crippen LogP contribution in [0.25, 0.3) is 0 Å². The summed E-state index contributed by atoms with van der Waals surface area (Å²) in [6.45, 7) is 1.44. The van der Waals surface area contributed by atoms with Crippen LogP contribution in [-0.2, 0) is 10.0 Å². The highest BCUT2D eigenvalue weighted by Crippen LogP contribution is 2.29. The Morgan fingerprint density at radius 3 is 2.62 bits per heavy atom. The van der Waals surface area contributed by atoms with Gasteiger partial charge in [-0.25, -0.2) is 22.8 Å². The van der Waals surface area contributed by atoms with Crippen molar-refractivity contribution < 1.29 is 12.8 Å². The second-order valence-corrected chi connectivity index (χ2v) is 6.46. The average molecular weight is 351 g/mol. The number of benzene rings is 1. The third-order valence-electron chi connectivity index (χ3n) is 2.56. The molecule has 0 spiro atoms. The number of halogens is 3. The van der Waals surface area contributed by atoms with E-state index in [9.17, 15) is 12.8 Å². The molecule has 0 aliphatic carbocycles. The van der Waals surface area contributed by atoms with Gasteiger partial charge in [0.05, 0.1) is 10.6 Å². The minimum atomic E-state index is -4.05. The first-order valence-electron chi connectivity index (χ1n) is 5.47. The molecular formula is C11H9Cl2FN4O2S. The molecule has 112 valence electrons. The first kappa shape index (κ1) is 15.7. The summed E-state index contributed by atoms with van der Waals surface area (Å²) in [6.07, 6.45) is 1.05. The minimum absolute atomic E-state index is 0.0975. The van der Waals surface area contributed by atoms with E-state index in [2.05, 4.69) is 14.7 Å². The maximum atomic E-state index is 13.3. The first-order valence-corrected chi connectivity index (χ1v) is 7.70. The number of aryl methyl sites for hydroxylation is 1. The van der Waals surface area contributed by atoms with Crippen LogP contribution in [0.1, 0.15) is 5.56 Å². The van der Waals surface area contributed by atoms with E-state index in [0.717, 1.165) is 18.5 Å². The Hall–Kier alpha value is -1.64. The highest BCUT2D eigenvalue weighted by Gasteiger charge is 2.21. The van der Waals surface area contributed by atoms with Gasteiger partial charge in [0, 0.05) is 0 Å². The van der Waals surface area contributed by atoms with Crippen LogP contribution in [0.3, 0.4) is 0 Å². The van der Waals surface area contributed by atoms with Crippen molar-refractivity contribution in [2.24, 2.45) is 0 Å². The van der Waals surface area contributed by atoms with Gasteiger partial charge in [0.2, 0.25) is 0 Å². The van der Waals surface area contributed by atoms with Gasteiger partial charge in [-0.3, -0.25) is 4.72 Å². The van der Waals surface area contributed by atoms with Crippen molar-refractivity contribution in [3.8, 4) is 0 Å². The van der Waals surface area contributed by atoms with E-state index >= 15 is 0 Å². The van der Waals surface area contributed by atoms with Crippen LogP contribution in [0.2, 0.25) is 10.2 Å². The van der Waals surface area contributed by atoms with E-state index in [-0.39, 0.29) is 32.1 Å². The summed E-state index contributed by atoms with van der Waals surface area (Å²) in [7, 11) is -4.05. The topological polar surface area (TPSA) is 98.0 Å². The van der Waals surface area contributed by atoms with Crippen molar-refractivity contribution in [1.82, 2.24) is 9.97 Å². The Kier molecular flexibility index (Phi) is 4.22. The number of anilines is 2. The van der Waals surface area contributed by atoms with Crippen molar-refractivity contribution in [3.63, 3.8) is 0 Å². The maximum Gasteiger partial charge on any atom is 0.263 e. The Balaban J connectivity index is 2.48. The average Bonchev–Trinajstić information content (AvgIpc) is 2.39. The molecule has 0 aliphatic rings. The molecule has 21 heavy (non-hydrogen) atoms. The van der Waals surface area contributed by atoms with Crippen LogP contribution in [0.5, 0.6) is 0 Å².